The standard InChI is InChI=1S/C17H26O3S/c1-15(9-6-7-14-17(18)21(2,19)20)10-8-13-16-11-4-3-5-12-16/h3-5,11-12,14-15,18H,6-10,13H2,1-2H3/b17-14+/t15-/m1/s1. The summed E-state index contributed by atoms with van der Waals surface area (Å²) in [5.41, 5.74) is 1.38. The van der Waals surface area contributed by atoms with Crippen LogP contribution < -0.4 is 0 Å². The van der Waals surface area contributed by atoms with E-state index in [0.717, 1.165) is 25.5 Å². The van der Waals surface area contributed by atoms with Crippen molar-refractivity contribution in [3.05, 3.63) is 47.1 Å². The number of rotatable bonds is 9. The van der Waals surface area contributed by atoms with Crippen molar-refractivity contribution in [1.82, 2.24) is 0 Å². The molecule has 1 N–H and O–H groups in total. The first kappa shape index (κ1) is 17.8. The van der Waals surface area contributed by atoms with Crippen molar-refractivity contribution in [3.8, 4) is 0 Å². The Kier molecular flexibility index (Phi) is 7.51. The Balaban J connectivity index is 2.16. The lowest BCUT2D eigenvalue weighted by molar-refractivity contribution is 0.432. The molecule has 1 atom stereocenters. The van der Waals surface area contributed by atoms with Crippen LogP contribution >= 0.6 is 0 Å². The van der Waals surface area contributed by atoms with Gasteiger partial charge in [-0.1, -0.05) is 50.1 Å². The molecule has 0 unspecified atom stereocenters. The van der Waals surface area contributed by atoms with Crippen molar-refractivity contribution in [2.75, 3.05) is 6.26 Å². The number of allylic oxidation sites excluding steroid dienone is 1. The van der Waals surface area contributed by atoms with Gasteiger partial charge in [-0.2, -0.15) is 0 Å². The minimum Gasteiger partial charge on any atom is -0.499 e. The van der Waals surface area contributed by atoms with E-state index in [1.165, 1.54) is 24.5 Å². The maximum Gasteiger partial charge on any atom is 0.207 e. The van der Waals surface area contributed by atoms with Crippen LogP contribution in [0.5, 0.6) is 0 Å². The van der Waals surface area contributed by atoms with E-state index in [2.05, 4.69) is 31.2 Å². The maximum absolute atomic E-state index is 11.0. The van der Waals surface area contributed by atoms with E-state index in [4.69, 9.17) is 0 Å². The van der Waals surface area contributed by atoms with Gasteiger partial charge >= 0.3 is 0 Å². The van der Waals surface area contributed by atoms with E-state index in [9.17, 15) is 13.5 Å². The van der Waals surface area contributed by atoms with Gasteiger partial charge in [0.15, 0.2) is 0 Å². The molecule has 118 valence electrons. The molecule has 0 saturated carbocycles. The third-order valence-electron chi connectivity index (χ3n) is 3.61. The van der Waals surface area contributed by atoms with Crippen LogP contribution in [0.3, 0.4) is 0 Å². The number of sulfone groups is 1. The third-order valence-corrected chi connectivity index (χ3v) is 4.53. The Morgan fingerprint density at radius 2 is 1.81 bits per heavy atom. The summed E-state index contributed by atoms with van der Waals surface area (Å²) in [6.07, 6.45) is 8.47. The fraction of sp³-hybridized carbons (Fsp3) is 0.529. The Bertz CT molecular complexity index is 532. The zero-order valence-corrected chi connectivity index (χ0v) is 13.8. The number of aliphatic hydroxyl groups is 1. The van der Waals surface area contributed by atoms with Crippen molar-refractivity contribution in [2.24, 2.45) is 5.92 Å². The summed E-state index contributed by atoms with van der Waals surface area (Å²) in [6.45, 7) is 2.23. The molecule has 0 fully saturated rings. The van der Waals surface area contributed by atoms with Crippen molar-refractivity contribution in [2.45, 2.75) is 45.4 Å². The van der Waals surface area contributed by atoms with Gasteiger partial charge in [-0.25, -0.2) is 8.42 Å². The van der Waals surface area contributed by atoms with Gasteiger partial charge in [0.25, 0.3) is 0 Å². The molecule has 0 amide bonds. The largest absolute Gasteiger partial charge is 0.499 e. The van der Waals surface area contributed by atoms with E-state index >= 15 is 0 Å². The van der Waals surface area contributed by atoms with Gasteiger partial charge in [0.05, 0.1) is 0 Å². The first-order valence-corrected chi connectivity index (χ1v) is 9.42. The average Bonchev–Trinajstić information content (AvgIpc) is 2.43. The highest BCUT2D eigenvalue weighted by molar-refractivity contribution is 7.94. The maximum atomic E-state index is 11.0. The second-order valence-corrected chi connectivity index (χ2v) is 7.69. The lowest BCUT2D eigenvalue weighted by Crippen LogP contribution is -2.00. The van der Waals surface area contributed by atoms with E-state index in [0.29, 0.717) is 12.3 Å². The van der Waals surface area contributed by atoms with Crippen LogP contribution in [0.4, 0.5) is 0 Å². The normalized spacial score (nSPS) is 14.1. The predicted molar refractivity (Wildman–Crippen MR) is 88.0 cm³/mol. The monoisotopic (exact) mass is 310 g/mol. The first-order chi connectivity index (χ1) is 9.89. The summed E-state index contributed by atoms with van der Waals surface area (Å²) in [5, 5.41) is 8.79. The molecule has 0 saturated heterocycles. The molecule has 0 spiro atoms. The molecule has 4 heteroatoms. The first-order valence-electron chi connectivity index (χ1n) is 7.52. The van der Waals surface area contributed by atoms with Gasteiger partial charge in [0, 0.05) is 6.26 Å². The fourth-order valence-corrected chi connectivity index (χ4v) is 2.71. The molecular formula is C17H26O3S. The van der Waals surface area contributed by atoms with Gasteiger partial charge in [-0.15, -0.1) is 0 Å². The Hall–Kier alpha value is -1.29. The van der Waals surface area contributed by atoms with E-state index in [1.54, 1.807) is 0 Å². The Labute approximate surface area is 128 Å². The summed E-state index contributed by atoms with van der Waals surface area (Å²) >= 11 is 0. The van der Waals surface area contributed by atoms with E-state index in [-0.39, 0.29) is 0 Å². The average molecular weight is 310 g/mol. The molecule has 0 aromatic heterocycles. The quantitative estimate of drug-likeness (QED) is 0.547. The molecule has 1 rings (SSSR count). The van der Waals surface area contributed by atoms with Crippen LogP contribution in [0, 0.1) is 5.92 Å². The van der Waals surface area contributed by atoms with Gasteiger partial charge in [0.2, 0.25) is 14.9 Å². The van der Waals surface area contributed by atoms with Gasteiger partial charge in [0.1, 0.15) is 0 Å². The van der Waals surface area contributed by atoms with Gasteiger partial charge in [-0.05, 0) is 43.2 Å². The number of aliphatic hydroxyl groups excluding tert-OH is 1. The zero-order valence-electron chi connectivity index (χ0n) is 13.0. The highest BCUT2D eigenvalue weighted by Crippen LogP contribution is 2.17. The lowest BCUT2D eigenvalue weighted by atomic mass is 9.96. The number of hydrogen-bond donors (Lipinski definition) is 1. The molecule has 3 nitrogen and oxygen atoms in total. The smallest absolute Gasteiger partial charge is 0.207 e. The number of aryl methyl sites for hydroxylation is 1. The van der Waals surface area contributed by atoms with Crippen LogP contribution in [-0.2, 0) is 16.3 Å². The summed E-state index contributed by atoms with van der Waals surface area (Å²) in [7, 11) is -3.43. The van der Waals surface area contributed by atoms with Crippen molar-refractivity contribution < 1.29 is 13.5 Å². The fourth-order valence-electron chi connectivity index (χ4n) is 2.29. The van der Waals surface area contributed by atoms with Crippen LogP contribution in [0.1, 0.15) is 44.6 Å². The summed E-state index contributed by atoms with van der Waals surface area (Å²) < 4.78 is 22.0. The minimum atomic E-state index is -3.43. The Morgan fingerprint density at radius 1 is 1.19 bits per heavy atom. The van der Waals surface area contributed by atoms with Gasteiger partial charge < -0.3 is 5.11 Å². The van der Waals surface area contributed by atoms with Crippen molar-refractivity contribution >= 4 is 9.84 Å². The van der Waals surface area contributed by atoms with E-state index < -0.39 is 14.9 Å². The molecule has 0 aliphatic rings. The molecule has 1 aromatic rings. The SMILES string of the molecule is C[C@H](CCC/C=C(\O)S(C)(=O)=O)CCCc1ccccc1. The third kappa shape index (κ3) is 7.90. The van der Waals surface area contributed by atoms with Crippen LogP contribution in [-0.4, -0.2) is 19.8 Å². The summed E-state index contributed by atoms with van der Waals surface area (Å²) in [6, 6.07) is 10.5. The minimum absolute atomic E-state index is 0.501. The lowest BCUT2D eigenvalue weighted by Gasteiger charge is -2.10. The van der Waals surface area contributed by atoms with Crippen molar-refractivity contribution in [1.29, 1.82) is 0 Å². The summed E-state index contributed by atoms with van der Waals surface area (Å²) in [4.78, 5) is 0. The predicted octanol–water partition coefficient (Wildman–Crippen LogP) is 4.26. The molecule has 0 heterocycles. The van der Waals surface area contributed by atoms with Crippen LogP contribution in [0.15, 0.2) is 41.5 Å². The van der Waals surface area contributed by atoms with Gasteiger partial charge in [-0.3, -0.25) is 0 Å². The molecule has 1 aromatic carbocycles. The van der Waals surface area contributed by atoms with Crippen molar-refractivity contribution in [3.63, 3.8) is 0 Å². The number of unbranched alkanes of at least 4 members (excludes halogenated alkanes) is 1. The van der Waals surface area contributed by atoms with Crippen LogP contribution in [0.2, 0.25) is 0 Å². The molecule has 0 aliphatic heterocycles. The number of hydrogen-bond acceptors (Lipinski definition) is 3. The number of benzene rings is 1. The topological polar surface area (TPSA) is 54.4 Å². The Morgan fingerprint density at radius 3 is 2.43 bits per heavy atom. The molecule has 0 aliphatic carbocycles. The highest BCUT2D eigenvalue weighted by atomic mass is 32.2. The highest BCUT2D eigenvalue weighted by Gasteiger charge is 2.08. The molecular weight excluding hydrogens is 284 g/mol. The molecule has 0 radical (unpaired) electrons. The summed E-state index contributed by atoms with van der Waals surface area (Å²) in [5.74, 6) is 0.627. The second kappa shape index (κ2) is 8.88. The zero-order chi connectivity index (χ0) is 15.7. The van der Waals surface area contributed by atoms with E-state index in [1.807, 2.05) is 6.07 Å². The molecule has 21 heavy (non-hydrogen) atoms. The second-order valence-electron chi connectivity index (χ2n) is 5.73. The van der Waals surface area contributed by atoms with Crippen LogP contribution in [0.25, 0.3) is 0 Å². The molecule has 0 bridgehead atoms.